The minimum atomic E-state index is 0.462. The van der Waals surface area contributed by atoms with E-state index in [4.69, 9.17) is 0 Å². The molecule has 0 unspecified atom stereocenters. The highest BCUT2D eigenvalue weighted by Gasteiger charge is 2.11. The van der Waals surface area contributed by atoms with E-state index in [1.807, 2.05) is 79.7 Å². The first-order valence-electron chi connectivity index (χ1n) is 8.60. The Morgan fingerprint density at radius 2 is 1.52 bits per heavy atom. The third kappa shape index (κ3) is 3.88. The minimum absolute atomic E-state index is 0.462. The van der Waals surface area contributed by atoms with Crippen LogP contribution in [0.3, 0.4) is 0 Å². The van der Waals surface area contributed by atoms with Crippen LogP contribution in [-0.4, -0.2) is 20.2 Å². The number of pyridine rings is 1. The molecule has 0 atom stereocenters. The predicted octanol–water partition coefficient (Wildman–Crippen LogP) is 4.31. The van der Waals surface area contributed by atoms with E-state index in [1.165, 1.54) is 5.56 Å². The van der Waals surface area contributed by atoms with Gasteiger partial charge in [0, 0.05) is 17.3 Å². The Bertz CT molecular complexity index is 1110. The second-order valence-corrected chi connectivity index (χ2v) is 6.03. The quantitative estimate of drug-likeness (QED) is 0.507. The number of aromatic nitrogens is 4. The molecule has 0 saturated carbocycles. The second-order valence-electron chi connectivity index (χ2n) is 6.03. The van der Waals surface area contributed by atoms with Crippen LogP contribution < -0.4 is 0 Å². The lowest BCUT2D eigenvalue weighted by Crippen LogP contribution is -2.01. The molecule has 0 aliphatic carbocycles. The summed E-state index contributed by atoms with van der Waals surface area (Å²) in [4.78, 5) is 8.96. The van der Waals surface area contributed by atoms with Crippen molar-refractivity contribution in [1.29, 1.82) is 0 Å². The van der Waals surface area contributed by atoms with E-state index in [-0.39, 0.29) is 0 Å². The second kappa shape index (κ2) is 7.59. The standard InChI is InChI=1S/C23H16N4/c1-17-10-13-19(14-11-17)22-20(15-12-18-7-3-2-4-8-18)25-23(27-26-22)21-9-5-6-16-24-21/h2-11,13-14,16H,1H3. The van der Waals surface area contributed by atoms with Gasteiger partial charge in [-0.2, -0.15) is 0 Å². The van der Waals surface area contributed by atoms with Gasteiger partial charge >= 0.3 is 0 Å². The van der Waals surface area contributed by atoms with Crippen molar-refractivity contribution in [3.8, 4) is 34.6 Å². The molecular formula is C23H16N4. The fourth-order valence-electron chi connectivity index (χ4n) is 2.58. The molecule has 4 rings (SSSR count). The summed E-state index contributed by atoms with van der Waals surface area (Å²) < 4.78 is 0. The van der Waals surface area contributed by atoms with Crippen molar-refractivity contribution < 1.29 is 0 Å². The van der Waals surface area contributed by atoms with Gasteiger partial charge in [0.15, 0.2) is 0 Å². The van der Waals surface area contributed by atoms with E-state index < -0.39 is 0 Å². The summed E-state index contributed by atoms with van der Waals surface area (Å²) in [5, 5.41) is 8.68. The molecule has 2 heterocycles. The number of rotatable bonds is 2. The first-order chi connectivity index (χ1) is 13.3. The van der Waals surface area contributed by atoms with Gasteiger partial charge in [0.2, 0.25) is 5.82 Å². The third-order valence-electron chi connectivity index (χ3n) is 4.00. The van der Waals surface area contributed by atoms with Crippen LogP contribution in [0.15, 0.2) is 79.0 Å². The number of aryl methyl sites for hydroxylation is 1. The van der Waals surface area contributed by atoms with E-state index in [1.54, 1.807) is 6.20 Å². The SMILES string of the molecule is Cc1ccc(-c2nnc(-c3ccccn3)nc2C#Cc2ccccc2)cc1. The summed E-state index contributed by atoms with van der Waals surface area (Å²) >= 11 is 0. The van der Waals surface area contributed by atoms with E-state index in [0.717, 1.165) is 11.1 Å². The molecule has 2 aromatic carbocycles. The van der Waals surface area contributed by atoms with E-state index >= 15 is 0 Å². The van der Waals surface area contributed by atoms with Crippen LogP contribution in [0.5, 0.6) is 0 Å². The topological polar surface area (TPSA) is 51.6 Å². The lowest BCUT2D eigenvalue weighted by molar-refractivity contribution is 0.968. The van der Waals surface area contributed by atoms with Crippen LogP contribution in [0.4, 0.5) is 0 Å². The van der Waals surface area contributed by atoms with Crippen LogP contribution in [-0.2, 0) is 0 Å². The number of benzene rings is 2. The highest BCUT2D eigenvalue weighted by molar-refractivity contribution is 5.67. The molecule has 2 aromatic heterocycles. The Labute approximate surface area is 158 Å². The molecule has 0 aliphatic rings. The Kier molecular flexibility index (Phi) is 4.67. The highest BCUT2D eigenvalue weighted by Crippen LogP contribution is 2.21. The Morgan fingerprint density at radius 1 is 0.741 bits per heavy atom. The van der Waals surface area contributed by atoms with Gasteiger partial charge in [-0.05, 0) is 37.1 Å². The largest absolute Gasteiger partial charge is 0.253 e. The van der Waals surface area contributed by atoms with Crippen molar-refractivity contribution in [2.75, 3.05) is 0 Å². The van der Waals surface area contributed by atoms with Gasteiger partial charge in [0.05, 0.1) is 0 Å². The Morgan fingerprint density at radius 3 is 2.26 bits per heavy atom. The van der Waals surface area contributed by atoms with Gasteiger partial charge in [0.1, 0.15) is 17.1 Å². The maximum Gasteiger partial charge on any atom is 0.201 e. The zero-order valence-corrected chi connectivity index (χ0v) is 14.8. The first-order valence-corrected chi connectivity index (χ1v) is 8.60. The fourth-order valence-corrected chi connectivity index (χ4v) is 2.58. The number of nitrogens with zero attached hydrogens (tertiary/aromatic N) is 4. The predicted molar refractivity (Wildman–Crippen MR) is 106 cm³/mol. The van der Waals surface area contributed by atoms with Crippen LogP contribution >= 0.6 is 0 Å². The summed E-state index contributed by atoms with van der Waals surface area (Å²) in [6.45, 7) is 2.05. The zero-order valence-electron chi connectivity index (χ0n) is 14.8. The third-order valence-corrected chi connectivity index (χ3v) is 4.00. The van der Waals surface area contributed by atoms with Crippen LogP contribution in [0.1, 0.15) is 16.8 Å². The molecule has 0 aliphatic heterocycles. The maximum atomic E-state index is 4.65. The van der Waals surface area contributed by atoms with Crippen molar-refractivity contribution in [3.63, 3.8) is 0 Å². The van der Waals surface area contributed by atoms with E-state index in [0.29, 0.717) is 22.9 Å². The van der Waals surface area contributed by atoms with Crippen molar-refractivity contribution in [2.24, 2.45) is 0 Å². The van der Waals surface area contributed by atoms with Gasteiger partial charge < -0.3 is 0 Å². The zero-order chi connectivity index (χ0) is 18.5. The van der Waals surface area contributed by atoms with Crippen LogP contribution in [0, 0.1) is 18.8 Å². The summed E-state index contributed by atoms with van der Waals surface area (Å²) in [5.41, 5.74) is 4.96. The van der Waals surface area contributed by atoms with Crippen molar-refractivity contribution >= 4 is 0 Å². The average molecular weight is 348 g/mol. The van der Waals surface area contributed by atoms with Gasteiger partial charge in [-0.1, -0.05) is 60.0 Å². The molecule has 0 saturated heterocycles. The molecule has 0 spiro atoms. The molecule has 0 N–H and O–H groups in total. The van der Waals surface area contributed by atoms with Gasteiger partial charge in [-0.15, -0.1) is 10.2 Å². The molecule has 0 fully saturated rings. The van der Waals surface area contributed by atoms with E-state index in [9.17, 15) is 0 Å². The maximum absolute atomic E-state index is 4.65. The normalized spacial score (nSPS) is 10.1. The summed E-state index contributed by atoms with van der Waals surface area (Å²) in [7, 11) is 0. The van der Waals surface area contributed by atoms with Crippen molar-refractivity contribution in [2.45, 2.75) is 6.92 Å². The lowest BCUT2D eigenvalue weighted by Gasteiger charge is -2.05. The summed E-state index contributed by atoms with van der Waals surface area (Å²) in [5.74, 6) is 6.78. The minimum Gasteiger partial charge on any atom is -0.253 e. The molecule has 27 heavy (non-hydrogen) atoms. The van der Waals surface area contributed by atoms with Gasteiger partial charge in [-0.3, -0.25) is 4.98 Å². The highest BCUT2D eigenvalue weighted by atomic mass is 15.2. The summed E-state index contributed by atoms with van der Waals surface area (Å²) in [6.07, 6.45) is 1.71. The van der Waals surface area contributed by atoms with Crippen molar-refractivity contribution in [1.82, 2.24) is 20.2 Å². The van der Waals surface area contributed by atoms with Gasteiger partial charge in [-0.25, -0.2) is 4.98 Å². The van der Waals surface area contributed by atoms with Crippen LogP contribution in [0.25, 0.3) is 22.8 Å². The molecule has 4 nitrogen and oxygen atoms in total. The molecule has 0 bridgehead atoms. The van der Waals surface area contributed by atoms with E-state index in [2.05, 4.69) is 32.0 Å². The number of hydrogen-bond donors (Lipinski definition) is 0. The summed E-state index contributed by atoms with van der Waals surface area (Å²) in [6, 6.07) is 23.5. The molecule has 4 heteroatoms. The van der Waals surface area contributed by atoms with Crippen LogP contribution in [0.2, 0.25) is 0 Å². The molecule has 4 aromatic rings. The molecule has 128 valence electrons. The Hall–Kier alpha value is -3.84. The number of hydrogen-bond acceptors (Lipinski definition) is 4. The lowest BCUT2D eigenvalue weighted by atomic mass is 10.1. The van der Waals surface area contributed by atoms with Gasteiger partial charge in [0.25, 0.3) is 0 Å². The molecule has 0 radical (unpaired) electrons. The molecular weight excluding hydrogens is 332 g/mol. The first kappa shape index (κ1) is 16.6. The van der Waals surface area contributed by atoms with Crippen molar-refractivity contribution in [3.05, 3.63) is 95.8 Å². The molecule has 0 amide bonds. The smallest absolute Gasteiger partial charge is 0.201 e. The monoisotopic (exact) mass is 348 g/mol. The fraction of sp³-hybridized carbons (Fsp3) is 0.0435. The average Bonchev–Trinajstić information content (AvgIpc) is 2.74. The Balaban J connectivity index is 1.83.